The fraction of sp³-hybridized carbons (Fsp3) is 0.269. The molecule has 1 saturated heterocycles. The zero-order valence-electron chi connectivity index (χ0n) is 18.9. The quantitative estimate of drug-likeness (QED) is 0.602. The Morgan fingerprint density at radius 1 is 1.06 bits per heavy atom. The number of ether oxygens (including phenoxy) is 1. The van der Waals surface area contributed by atoms with Gasteiger partial charge in [0.05, 0.1) is 18.4 Å². The molecule has 1 aromatic heterocycles. The van der Waals surface area contributed by atoms with Crippen molar-refractivity contribution in [2.75, 3.05) is 20.2 Å². The summed E-state index contributed by atoms with van der Waals surface area (Å²) >= 11 is 0. The Morgan fingerprint density at radius 3 is 2.32 bits per heavy atom. The van der Waals surface area contributed by atoms with E-state index in [-0.39, 0.29) is 18.0 Å². The van der Waals surface area contributed by atoms with Gasteiger partial charge in [-0.05, 0) is 72.9 Å². The Labute approximate surface area is 197 Å². The normalized spacial score (nSPS) is 13.4. The van der Waals surface area contributed by atoms with Crippen LogP contribution >= 0.6 is 0 Å². The number of likely N-dealkylation sites (tertiary alicyclic amines) is 1. The second-order valence-corrected chi connectivity index (χ2v) is 8.23. The summed E-state index contributed by atoms with van der Waals surface area (Å²) in [6, 6.07) is 15.0. The maximum absolute atomic E-state index is 14.5. The molecule has 0 bridgehead atoms. The van der Waals surface area contributed by atoms with Gasteiger partial charge in [0.2, 0.25) is 5.91 Å². The number of carbonyl (C=O) groups excluding carboxylic acids is 2. The van der Waals surface area contributed by atoms with E-state index in [2.05, 4.69) is 0 Å². The first-order valence-corrected chi connectivity index (χ1v) is 11.1. The second kappa shape index (κ2) is 9.79. The number of halogens is 1. The predicted octanol–water partition coefficient (Wildman–Crippen LogP) is 3.95. The van der Waals surface area contributed by atoms with E-state index in [1.807, 2.05) is 18.2 Å². The lowest BCUT2D eigenvalue weighted by molar-refractivity contribution is -0.118. The molecule has 0 unspecified atom stereocenters. The highest BCUT2D eigenvalue weighted by atomic mass is 19.1. The Hall–Kier alpha value is -4.12. The standard InChI is InChI=1S/C26H25FN4O3/c1-34-20-9-7-17(8-10-20)25-21(18-5-6-19(15-28)22(27)13-18)14-23(31(25)16-24(29)32)26(33)30-11-3-2-4-12-30/h5-10,13-14H,2-4,11-12,16H2,1H3,(H2,29,32). The van der Waals surface area contributed by atoms with Crippen LogP contribution in [-0.2, 0) is 11.3 Å². The van der Waals surface area contributed by atoms with Crippen LogP contribution in [-0.4, -0.2) is 41.5 Å². The summed E-state index contributed by atoms with van der Waals surface area (Å²) in [6.07, 6.45) is 2.90. The molecule has 34 heavy (non-hydrogen) atoms. The molecule has 8 heteroatoms. The van der Waals surface area contributed by atoms with Crippen molar-refractivity contribution in [1.82, 2.24) is 9.47 Å². The first-order valence-electron chi connectivity index (χ1n) is 11.1. The minimum Gasteiger partial charge on any atom is -0.497 e. The molecule has 1 fully saturated rings. The minimum atomic E-state index is -0.660. The molecule has 0 aliphatic carbocycles. The fourth-order valence-electron chi connectivity index (χ4n) is 4.36. The maximum atomic E-state index is 14.5. The monoisotopic (exact) mass is 460 g/mol. The number of nitrogens with two attached hydrogens (primary N) is 1. The topological polar surface area (TPSA) is 101 Å². The number of hydrogen-bond acceptors (Lipinski definition) is 4. The van der Waals surface area contributed by atoms with Crippen LogP contribution in [0, 0.1) is 17.1 Å². The highest BCUT2D eigenvalue weighted by Gasteiger charge is 2.27. The zero-order chi connectivity index (χ0) is 24.2. The molecule has 3 aromatic rings. The average molecular weight is 461 g/mol. The smallest absolute Gasteiger partial charge is 0.270 e. The lowest BCUT2D eigenvalue weighted by atomic mass is 9.99. The molecule has 0 atom stereocenters. The highest BCUT2D eigenvalue weighted by molar-refractivity contribution is 5.98. The van der Waals surface area contributed by atoms with Crippen LogP contribution in [0.4, 0.5) is 4.39 Å². The van der Waals surface area contributed by atoms with Gasteiger partial charge < -0.3 is 19.9 Å². The van der Waals surface area contributed by atoms with Gasteiger partial charge in [-0.25, -0.2) is 4.39 Å². The van der Waals surface area contributed by atoms with Crippen molar-refractivity contribution in [3.8, 4) is 34.2 Å². The SMILES string of the molecule is COc1ccc(-c2c(-c3ccc(C#N)c(F)c3)cc(C(=O)N3CCCCC3)n2CC(N)=O)cc1. The molecule has 0 radical (unpaired) electrons. The third-order valence-corrected chi connectivity index (χ3v) is 6.04. The molecule has 4 rings (SSSR count). The van der Waals surface area contributed by atoms with Gasteiger partial charge in [-0.15, -0.1) is 0 Å². The van der Waals surface area contributed by atoms with Gasteiger partial charge in [-0.3, -0.25) is 9.59 Å². The predicted molar refractivity (Wildman–Crippen MR) is 125 cm³/mol. The van der Waals surface area contributed by atoms with Crippen molar-refractivity contribution in [3.05, 3.63) is 65.6 Å². The average Bonchev–Trinajstić information content (AvgIpc) is 3.22. The van der Waals surface area contributed by atoms with E-state index < -0.39 is 11.7 Å². The zero-order valence-corrected chi connectivity index (χ0v) is 18.9. The van der Waals surface area contributed by atoms with Crippen LogP contribution in [0.5, 0.6) is 5.75 Å². The van der Waals surface area contributed by atoms with Crippen molar-refractivity contribution < 1.29 is 18.7 Å². The summed E-state index contributed by atoms with van der Waals surface area (Å²) < 4.78 is 21.4. The molecule has 7 nitrogen and oxygen atoms in total. The van der Waals surface area contributed by atoms with Gasteiger partial charge in [-0.1, -0.05) is 6.07 Å². The maximum Gasteiger partial charge on any atom is 0.270 e. The Balaban J connectivity index is 1.95. The number of amides is 2. The van der Waals surface area contributed by atoms with Crippen LogP contribution in [0.3, 0.4) is 0 Å². The van der Waals surface area contributed by atoms with Crippen LogP contribution in [0.15, 0.2) is 48.5 Å². The lowest BCUT2D eigenvalue weighted by Gasteiger charge is -2.27. The van der Waals surface area contributed by atoms with Gasteiger partial charge in [-0.2, -0.15) is 5.26 Å². The molecule has 1 aliphatic rings. The van der Waals surface area contributed by atoms with Crippen molar-refractivity contribution >= 4 is 11.8 Å². The number of piperidine rings is 1. The van der Waals surface area contributed by atoms with Crippen molar-refractivity contribution in [2.24, 2.45) is 5.73 Å². The summed E-state index contributed by atoms with van der Waals surface area (Å²) in [6.45, 7) is 1.06. The fourth-order valence-corrected chi connectivity index (χ4v) is 4.36. The number of hydrogen-bond donors (Lipinski definition) is 1. The molecule has 174 valence electrons. The minimum absolute atomic E-state index is 0.0732. The van der Waals surface area contributed by atoms with Crippen LogP contribution in [0.1, 0.15) is 35.3 Å². The van der Waals surface area contributed by atoms with E-state index in [0.717, 1.165) is 19.3 Å². The van der Waals surface area contributed by atoms with Gasteiger partial charge in [0.25, 0.3) is 5.91 Å². The number of primary amides is 1. The summed E-state index contributed by atoms with van der Waals surface area (Å²) in [5, 5.41) is 9.12. The van der Waals surface area contributed by atoms with Gasteiger partial charge in [0, 0.05) is 18.7 Å². The first-order chi connectivity index (χ1) is 16.4. The van der Waals surface area contributed by atoms with E-state index in [1.54, 1.807) is 40.8 Å². The van der Waals surface area contributed by atoms with Gasteiger partial charge in [0.15, 0.2) is 0 Å². The Morgan fingerprint density at radius 2 is 1.74 bits per heavy atom. The van der Waals surface area contributed by atoms with E-state index in [0.29, 0.717) is 46.9 Å². The molecular weight excluding hydrogens is 435 g/mol. The van der Waals surface area contributed by atoms with E-state index >= 15 is 0 Å². The highest BCUT2D eigenvalue weighted by Crippen LogP contribution is 2.37. The van der Waals surface area contributed by atoms with Crippen LogP contribution in [0.25, 0.3) is 22.4 Å². The van der Waals surface area contributed by atoms with E-state index in [1.165, 1.54) is 12.1 Å². The van der Waals surface area contributed by atoms with E-state index in [9.17, 15) is 14.0 Å². The molecule has 2 aromatic carbocycles. The summed E-state index contributed by atoms with van der Waals surface area (Å²) in [4.78, 5) is 27.3. The first kappa shape index (κ1) is 23.1. The number of nitriles is 1. The van der Waals surface area contributed by atoms with Crippen LogP contribution in [0.2, 0.25) is 0 Å². The number of aromatic nitrogens is 1. The Bertz CT molecular complexity index is 1270. The molecule has 2 N–H and O–H groups in total. The lowest BCUT2D eigenvalue weighted by Crippen LogP contribution is -2.37. The largest absolute Gasteiger partial charge is 0.497 e. The molecule has 0 saturated carbocycles. The van der Waals surface area contributed by atoms with Crippen molar-refractivity contribution in [3.63, 3.8) is 0 Å². The molecule has 1 aliphatic heterocycles. The molecule has 0 spiro atoms. The molecule has 2 heterocycles. The number of rotatable bonds is 6. The molecular formula is C26H25FN4O3. The molecule has 2 amide bonds. The third-order valence-electron chi connectivity index (χ3n) is 6.04. The Kier molecular flexibility index (Phi) is 6.64. The third kappa shape index (κ3) is 4.50. The second-order valence-electron chi connectivity index (χ2n) is 8.23. The summed E-state index contributed by atoms with van der Waals surface area (Å²) in [5.74, 6) is -0.814. The number of benzene rings is 2. The van der Waals surface area contributed by atoms with Crippen LogP contribution < -0.4 is 10.5 Å². The van der Waals surface area contributed by atoms with Gasteiger partial charge >= 0.3 is 0 Å². The summed E-state index contributed by atoms with van der Waals surface area (Å²) in [5.41, 5.74) is 8.13. The number of nitrogens with zero attached hydrogens (tertiary/aromatic N) is 3. The number of carbonyl (C=O) groups is 2. The van der Waals surface area contributed by atoms with Crippen molar-refractivity contribution in [1.29, 1.82) is 5.26 Å². The van der Waals surface area contributed by atoms with E-state index in [4.69, 9.17) is 15.7 Å². The van der Waals surface area contributed by atoms with Crippen molar-refractivity contribution in [2.45, 2.75) is 25.8 Å². The van der Waals surface area contributed by atoms with Gasteiger partial charge in [0.1, 0.15) is 29.9 Å². The number of methoxy groups -OCH3 is 1. The summed E-state index contributed by atoms with van der Waals surface area (Å²) in [7, 11) is 1.56.